The van der Waals surface area contributed by atoms with Crippen molar-refractivity contribution in [2.75, 3.05) is 0 Å². The van der Waals surface area contributed by atoms with E-state index in [2.05, 4.69) is 6.92 Å². The first-order valence-corrected chi connectivity index (χ1v) is 8.65. The van der Waals surface area contributed by atoms with E-state index < -0.39 is 0 Å². The van der Waals surface area contributed by atoms with Crippen molar-refractivity contribution in [3.8, 4) is 0 Å². The summed E-state index contributed by atoms with van der Waals surface area (Å²) < 4.78 is 1.60. The van der Waals surface area contributed by atoms with Crippen molar-refractivity contribution < 1.29 is 0 Å². The van der Waals surface area contributed by atoms with Crippen LogP contribution in [0.5, 0.6) is 0 Å². The van der Waals surface area contributed by atoms with Crippen LogP contribution in [0.2, 0.25) is 0 Å². The van der Waals surface area contributed by atoms with Crippen LogP contribution in [0.1, 0.15) is 23.2 Å². The second-order valence-corrected chi connectivity index (χ2v) is 6.97. The highest BCUT2D eigenvalue weighted by molar-refractivity contribution is 7.80. The van der Waals surface area contributed by atoms with Gasteiger partial charge >= 0.3 is 0 Å². The van der Waals surface area contributed by atoms with Gasteiger partial charge in [-0.15, -0.1) is 11.3 Å². The van der Waals surface area contributed by atoms with Gasteiger partial charge in [0, 0.05) is 11.3 Å². The van der Waals surface area contributed by atoms with Gasteiger partial charge < -0.3 is 5.73 Å². The van der Waals surface area contributed by atoms with Crippen LogP contribution in [0.15, 0.2) is 41.2 Å². The van der Waals surface area contributed by atoms with Gasteiger partial charge in [-0.3, -0.25) is 9.36 Å². The topological polar surface area (TPSA) is 60.9 Å². The van der Waals surface area contributed by atoms with E-state index in [1.165, 1.54) is 0 Å². The van der Waals surface area contributed by atoms with Gasteiger partial charge in [0.25, 0.3) is 5.56 Å². The zero-order valence-corrected chi connectivity index (χ0v) is 14.4. The van der Waals surface area contributed by atoms with E-state index >= 15 is 0 Å². The summed E-state index contributed by atoms with van der Waals surface area (Å²) in [6, 6.07) is 11.9. The number of fused-ring (bicyclic) bond motifs is 1. The first-order valence-electron chi connectivity index (χ1n) is 7.43. The average molecular weight is 343 g/mol. The first-order chi connectivity index (χ1) is 11.1. The maximum Gasteiger partial charge on any atom is 0.262 e. The van der Waals surface area contributed by atoms with E-state index in [9.17, 15) is 4.79 Å². The molecule has 3 aromatic rings. The normalized spacial score (nSPS) is 11.0. The molecule has 0 saturated carbocycles. The number of rotatable bonds is 5. The van der Waals surface area contributed by atoms with Gasteiger partial charge in [-0.25, -0.2) is 4.98 Å². The van der Waals surface area contributed by atoms with Crippen molar-refractivity contribution in [3.05, 3.63) is 63.0 Å². The van der Waals surface area contributed by atoms with E-state index in [-0.39, 0.29) is 17.1 Å². The third-order valence-electron chi connectivity index (χ3n) is 3.65. The summed E-state index contributed by atoms with van der Waals surface area (Å²) in [5, 5.41) is 0.653. The molecule has 0 aliphatic carbocycles. The molecule has 6 heteroatoms. The lowest BCUT2D eigenvalue weighted by Gasteiger charge is -2.11. The molecule has 0 radical (unpaired) electrons. The molecule has 0 aliphatic rings. The predicted molar refractivity (Wildman–Crippen MR) is 99.3 cm³/mol. The third-order valence-corrected chi connectivity index (χ3v) is 4.95. The second kappa shape index (κ2) is 6.60. The fourth-order valence-electron chi connectivity index (χ4n) is 2.51. The summed E-state index contributed by atoms with van der Waals surface area (Å²) in [5.41, 5.74) is 6.71. The summed E-state index contributed by atoms with van der Waals surface area (Å²) in [4.78, 5) is 19.8. The molecule has 23 heavy (non-hydrogen) atoms. The maximum atomic E-state index is 12.8. The summed E-state index contributed by atoms with van der Waals surface area (Å²) in [6.45, 7) is 2.29. The smallest absolute Gasteiger partial charge is 0.262 e. The number of nitrogens with zero attached hydrogens (tertiary/aromatic N) is 2. The summed E-state index contributed by atoms with van der Waals surface area (Å²) >= 11 is 6.58. The van der Waals surface area contributed by atoms with Crippen LogP contribution in [-0.2, 0) is 19.4 Å². The Bertz CT molecular complexity index is 913. The Morgan fingerprint density at radius 3 is 2.74 bits per heavy atom. The van der Waals surface area contributed by atoms with Crippen molar-refractivity contribution in [2.24, 2.45) is 5.73 Å². The molecule has 2 heterocycles. The molecule has 0 spiro atoms. The van der Waals surface area contributed by atoms with Gasteiger partial charge in [-0.05, 0) is 18.1 Å². The first kappa shape index (κ1) is 15.8. The van der Waals surface area contributed by atoms with Gasteiger partial charge in [0.1, 0.15) is 10.7 Å². The molecule has 0 amide bonds. The Hall–Kier alpha value is -2.05. The fraction of sp³-hybridized carbons (Fsp3) is 0.235. The number of aromatic nitrogens is 2. The lowest BCUT2D eigenvalue weighted by Crippen LogP contribution is -2.30. The van der Waals surface area contributed by atoms with E-state index in [1.54, 1.807) is 15.9 Å². The van der Waals surface area contributed by atoms with Crippen LogP contribution in [0.25, 0.3) is 10.2 Å². The summed E-state index contributed by atoms with van der Waals surface area (Å²) in [5.74, 6) is 0.700. The molecule has 118 valence electrons. The fourth-order valence-corrected chi connectivity index (χ4v) is 3.62. The molecule has 1 aromatic carbocycles. The van der Waals surface area contributed by atoms with Crippen LogP contribution < -0.4 is 11.3 Å². The largest absolute Gasteiger partial charge is 0.392 e. The number of thiocarbonyl (C=S) groups is 1. The van der Waals surface area contributed by atoms with Crippen LogP contribution in [-0.4, -0.2) is 14.5 Å². The monoisotopic (exact) mass is 343 g/mol. The van der Waals surface area contributed by atoms with Crippen molar-refractivity contribution >= 4 is 38.8 Å². The minimum Gasteiger partial charge on any atom is -0.392 e. The van der Waals surface area contributed by atoms with E-state index in [4.69, 9.17) is 22.9 Å². The van der Waals surface area contributed by atoms with Crippen LogP contribution in [0, 0.1) is 0 Å². The van der Waals surface area contributed by atoms with Crippen molar-refractivity contribution in [1.29, 1.82) is 0 Å². The molecule has 0 unspecified atom stereocenters. The van der Waals surface area contributed by atoms with Gasteiger partial charge in [-0.1, -0.05) is 49.5 Å². The van der Waals surface area contributed by atoms with Crippen molar-refractivity contribution in [3.63, 3.8) is 0 Å². The molecule has 0 aliphatic heterocycles. The van der Waals surface area contributed by atoms with Gasteiger partial charge in [0.15, 0.2) is 0 Å². The number of thiophene rings is 1. The standard InChI is InChI=1S/C17H17N3OS2/c1-2-12-9-13-16(23-12)19-15(8-11-6-4-3-5-7-11)20(17(13)21)10-14(18)22/h3-7,9H,2,8,10H2,1H3,(H2,18,22). The molecule has 3 rings (SSSR count). The van der Waals surface area contributed by atoms with Crippen molar-refractivity contribution in [1.82, 2.24) is 9.55 Å². The summed E-state index contributed by atoms with van der Waals surface area (Å²) in [7, 11) is 0. The average Bonchev–Trinajstić information content (AvgIpc) is 2.95. The molecule has 0 bridgehead atoms. The Kier molecular flexibility index (Phi) is 4.54. The Labute approximate surface area is 143 Å². The van der Waals surface area contributed by atoms with Crippen LogP contribution >= 0.6 is 23.6 Å². The number of nitrogens with two attached hydrogens (primary N) is 1. The van der Waals surface area contributed by atoms with E-state index in [0.717, 1.165) is 21.7 Å². The lowest BCUT2D eigenvalue weighted by molar-refractivity contribution is 0.729. The molecule has 0 atom stereocenters. The number of hydrogen-bond acceptors (Lipinski definition) is 4. The second-order valence-electron chi connectivity index (χ2n) is 5.33. The number of benzene rings is 1. The van der Waals surface area contributed by atoms with E-state index in [1.807, 2.05) is 36.4 Å². The Morgan fingerprint density at radius 2 is 2.09 bits per heavy atom. The number of aryl methyl sites for hydroxylation is 1. The summed E-state index contributed by atoms with van der Waals surface area (Å²) in [6.07, 6.45) is 1.47. The van der Waals surface area contributed by atoms with E-state index in [0.29, 0.717) is 17.6 Å². The molecule has 2 N–H and O–H groups in total. The Balaban J connectivity index is 2.17. The van der Waals surface area contributed by atoms with Crippen LogP contribution in [0.4, 0.5) is 0 Å². The zero-order valence-electron chi connectivity index (χ0n) is 12.8. The predicted octanol–water partition coefficient (Wildman–Crippen LogP) is 2.90. The highest BCUT2D eigenvalue weighted by Gasteiger charge is 2.14. The van der Waals surface area contributed by atoms with Gasteiger partial charge in [-0.2, -0.15) is 0 Å². The Morgan fingerprint density at radius 1 is 1.35 bits per heavy atom. The zero-order chi connectivity index (χ0) is 16.4. The molecule has 0 fully saturated rings. The quantitative estimate of drug-likeness (QED) is 0.724. The van der Waals surface area contributed by atoms with Crippen molar-refractivity contribution in [2.45, 2.75) is 26.3 Å². The molecular formula is C17H17N3OS2. The molecule has 2 aromatic heterocycles. The van der Waals surface area contributed by atoms with Gasteiger partial charge in [0.2, 0.25) is 0 Å². The minimum absolute atomic E-state index is 0.0651. The van der Waals surface area contributed by atoms with Crippen LogP contribution in [0.3, 0.4) is 0 Å². The number of hydrogen-bond donors (Lipinski definition) is 1. The lowest BCUT2D eigenvalue weighted by atomic mass is 10.1. The maximum absolute atomic E-state index is 12.8. The molecular weight excluding hydrogens is 326 g/mol. The molecule has 0 saturated heterocycles. The minimum atomic E-state index is -0.0651. The SMILES string of the molecule is CCc1cc2c(=O)n(CC(N)=S)c(Cc3ccccc3)nc2s1. The molecule has 4 nitrogen and oxygen atoms in total. The third kappa shape index (κ3) is 3.33. The highest BCUT2D eigenvalue weighted by atomic mass is 32.1. The van der Waals surface area contributed by atoms with Gasteiger partial charge in [0.05, 0.1) is 16.9 Å². The highest BCUT2D eigenvalue weighted by Crippen LogP contribution is 2.22.